The van der Waals surface area contributed by atoms with Gasteiger partial charge in [0.1, 0.15) is 10.8 Å². The molecule has 0 radical (unpaired) electrons. The van der Waals surface area contributed by atoms with Crippen LogP contribution in [-0.2, 0) is 18.4 Å². The summed E-state index contributed by atoms with van der Waals surface area (Å²) in [5.41, 5.74) is 2.27. The fourth-order valence-electron chi connectivity index (χ4n) is 2.19. The Labute approximate surface area is 176 Å². The van der Waals surface area contributed by atoms with Gasteiger partial charge in [-0.3, -0.25) is 0 Å². The standard InChI is InChI=1S/C19H27FN4S.HI/c1-5-21-18(22-11-10-14-6-8-15(20)9-7-14)23-12-17-24-16(13-25-17)19(2,3)4;/h6-9,13H,5,10-12H2,1-4H3,(H2,21,22,23);1H. The van der Waals surface area contributed by atoms with Crippen LogP contribution < -0.4 is 10.6 Å². The van der Waals surface area contributed by atoms with Crippen molar-refractivity contribution in [1.29, 1.82) is 0 Å². The van der Waals surface area contributed by atoms with Crippen LogP contribution in [0.4, 0.5) is 4.39 Å². The van der Waals surface area contributed by atoms with E-state index in [1.165, 1.54) is 12.1 Å². The lowest BCUT2D eigenvalue weighted by Crippen LogP contribution is -2.38. The van der Waals surface area contributed by atoms with Gasteiger partial charge in [0.15, 0.2) is 5.96 Å². The third-order valence-corrected chi connectivity index (χ3v) is 4.49. The molecule has 0 atom stereocenters. The molecule has 26 heavy (non-hydrogen) atoms. The van der Waals surface area contributed by atoms with E-state index in [1.54, 1.807) is 11.3 Å². The summed E-state index contributed by atoms with van der Waals surface area (Å²) in [4.78, 5) is 9.28. The minimum absolute atomic E-state index is 0. The van der Waals surface area contributed by atoms with Crippen molar-refractivity contribution in [1.82, 2.24) is 15.6 Å². The molecule has 144 valence electrons. The number of nitrogens with one attached hydrogen (secondary N) is 2. The van der Waals surface area contributed by atoms with E-state index in [1.807, 2.05) is 19.1 Å². The second-order valence-electron chi connectivity index (χ2n) is 6.87. The molecule has 1 heterocycles. The number of aromatic nitrogens is 1. The number of rotatable bonds is 6. The number of guanidine groups is 1. The first-order chi connectivity index (χ1) is 11.9. The molecule has 0 amide bonds. The molecule has 2 N–H and O–H groups in total. The largest absolute Gasteiger partial charge is 0.357 e. The molecule has 0 aliphatic rings. The van der Waals surface area contributed by atoms with Gasteiger partial charge in [-0.25, -0.2) is 14.4 Å². The Morgan fingerprint density at radius 3 is 2.46 bits per heavy atom. The zero-order valence-electron chi connectivity index (χ0n) is 15.8. The molecular formula is C19H28FIN4S. The molecule has 1 aromatic carbocycles. The van der Waals surface area contributed by atoms with Crippen LogP contribution in [0.25, 0.3) is 0 Å². The lowest BCUT2D eigenvalue weighted by Gasteiger charge is -2.14. The molecule has 0 saturated heterocycles. The van der Waals surface area contributed by atoms with Gasteiger partial charge in [0.2, 0.25) is 0 Å². The minimum Gasteiger partial charge on any atom is -0.357 e. The Bertz CT molecular complexity index is 692. The number of hydrogen-bond donors (Lipinski definition) is 2. The third-order valence-electron chi connectivity index (χ3n) is 3.66. The van der Waals surface area contributed by atoms with Crippen molar-refractivity contribution in [2.24, 2.45) is 4.99 Å². The summed E-state index contributed by atoms with van der Waals surface area (Å²) < 4.78 is 12.9. The monoisotopic (exact) mass is 490 g/mol. The highest BCUT2D eigenvalue weighted by atomic mass is 127. The molecule has 0 fully saturated rings. The van der Waals surface area contributed by atoms with Gasteiger partial charge in [-0.15, -0.1) is 35.3 Å². The predicted octanol–water partition coefficient (Wildman–Crippen LogP) is 4.50. The Kier molecular flexibility index (Phi) is 9.49. The van der Waals surface area contributed by atoms with E-state index in [2.05, 4.69) is 46.8 Å². The molecule has 2 aromatic rings. The van der Waals surface area contributed by atoms with Crippen LogP contribution in [0, 0.1) is 5.82 Å². The fourth-order valence-corrected chi connectivity index (χ4v) is 3.14. The van der Waals surface area contributed by atoms with Crippen LogP contribution in [-0.4, -0.2) is 24.0 Å². The molecule has 0 aliphatic carbocycles. The van der Waals surface area contributed by atoms with Crippen molar-refractivity contribution in [3.05, 3.63) is 51.7 Å². The first kappa shape index (κ1) is 22.8. The maximum absolute atomic E-state index is 12.9. The number of benzene rings is 1. The summed E-state index contributed by atoms with van der Waals surface area (Å²) in [7, 11) is 0. The molecule has 4 nitrogen and oxygen atoms in total. The van der Waals surface area contributed by atoms with Crippen LogP contribution in [0.3, 0.4) is 0 Å². The molecule has 0 aliphatic heterocycles. The number of aliphatic imine (C=N–C) groups is 1. The van der Waals surface area contributed by atoms with Gasteiger partial charge >= 0.3 is 0 Å². The molecule has 0 spiro atoms. The Balaban J connectivity index is 0.00000338. The molecule has 0 saturated carbocycles. The molecule has 2 rings (SSSR count). The van der Waals surface area contributed by atoms with Crippen molar-refractivity contribution >= 4 is 41.3 Å². The van der Waals surface area contributed by atoms with E-state index in [0.717, 1.165) is 41.7 Å². The van der Waals surface area contributed by atoms with Crippen LogP contribution in [0.2, 0.25) is 0 Å². The first-order valence-corrected chi connectivity index (χ1v) is 9.48. The Morgan fingerprint density at radius 1 is 1.19 bits per heavy atom. The number of halogens is 2. The summed E-state index contributed by atoms with van der Waals surface area (Å²) in [5, 5.41) is 9.68. The predicted molar refractivity (Wildman–Crippen MR) is 119 cm³/mol. The van der Waals surface area contributed by atoms with Crippen LogP contribution in [0.5, 0.6) is 0 Å². The van der Waals surface area contributed by atoms with E-state index in [9.17, 15) is 4.39 Å². The van der Waals surface area contributed by atoms with Gasteiger partial charge < -0.3 is 10.6 Å². The number of hydrogen-bond acceptors (Lipinski definition) is 3. The summed E-state index contributed by atoms with van der Waals surface area (Å²) >= 11 is 1.65. The fraction of sp³-hybridized carbons (Fsp3) is 0.474. The highest BCUT2D eigenvalue weighted by Gasteiger charge is 2.17. The van der Waals surface area contributed by atoms with Gasteiger partial charge in [-0.1, -0.05) is 32.9 Å². The summed E-state index contributed by atoms with van der Waals surface area (Å²) in [5.74, 6) is 0.571. The third kappa shape index (κ3) is 7.57. The lowest BCUT2D eigenvalue weighted by atomic mass is 9.93. The minimum atomic E-state index is -0.204. The van der Waals surface area contributed by atoms with Crippen molar-refractivity contribution in [2.45, 2.75) is 46.1 Å². The zero-order chi connectivity index (χ0) is 18.3. The van der Waals surface area contributed by atoms with Crippen LogP contribution in [0.1, 0.15) is 44.0 Å². The van der Waals surface area contributed by atoms with Gasteiger partial charge in [0.25, 0.3) is 0 Å². The van der Waals surface area contributed by atoms with Crippen molar-refractivity contribution in [3.8, 4) is 0 Å². The summed E-state index contributed by atoms with van der Waals surface area (Å²) in [6, 6.07) is 6.60. The number of nitrogens with zero attached hydrogens (tertiary/aromatic N) is 2. The maximum atomic E-state index is 12.9. The van der Waals surface area contributed by atoms with Gasteiger partial charge in [-0.2, -0.15) is 0 Å². The van der Waals surface area contributed by atoms with Gasteiger partial charge in [0, 0.05) is 23.9 Å². The van der Waals surface area contributed by atoms with Crippen molar-refractivity contribution < 1.29 is 4.39 Å². The van der Waals surface area contributed by atoms with E-state index in [0.29, 0.717) is 6.54 Å². The summed E-state index contributed by atoms with van der Waals surface area (Å²) in [6.07, 6.45) is 0.816. The van der Waals surface area contributed by atoms with Crippen molar-refractivity contribution in [2.75, 3.05) is 13.1 Å². The number of thiazole rings is 1. The first-order valence-electron chi connectivity index (χ1n) is 8.60. The average Bonchev–Trinajstić information content (AvgIpc) is 3.04. The lowest BCUT2D eigenvalue weighted by molar-refractivity contribution is 0.571. The summed E-state index contributed by atoms with van der Waals surface area (Å²) in [6.45, 7) is 10.6. The van der Waals surface area contributed by atoms with Crippen LogP contribution >= 0.6 is 35.3 Å². The van der Waals surface area contributed by atoms with E-state index in [-0.39, 0.29) is 35.2 Å². The van der Waals surface area contributed by atoms with Gasteiger partial charge in [-0.05, 0) is 31.0 Å². The Hall–Kier alpha value is -1.22. The average molecular weight is 490 g/mol. The second kappa shape index (κ2) is 10.8. The van der Waals surface area contributed by atoms with Crippen LogP contribution in [0.15, 0.2) is 34.6 Å². The zero-order valence-corrected chi connectivity index (χ0v) is 19.0. The second-order valence-corrected chi connectivity index (χ2v) is 7.82. The van der Waals surface area contributed by atoms with E-state index < -0.39 is 0 Å². The van der Waals surface area contributed by atoms with Gasteiger partial charge in [0.05, 0.1) is 12.2 Å². The highest BCUT2D eigenvalue weighted by Crippen LogP contribution is 2.24. The smallest absolute Gasteiger partial charge is 0.191 e. The quantitative estimate of drug-likeness (QED) is 0.356. The van der Waals surface area contributed by atoms with E-state index >= 15 is 0 Å². The highest BCUT2D eigenvalue weighted by molar-refractivity contribution is 14.0. The topological polar surface area (TPSA) is 49.3 Å². The van der Waals surface area contributed by atoms with Crippen molar-refractivity contribution in [3.63, 3.8) is 0 Å². The molecular weight excluding hydrogens is 462 g/mol. The molecule has 1 aromatic heterocycles. The molecule has 0 bridgehead atoms. The molecule has 0 unspecified atom stereocenters. The molecule has 7 heteroatoms. The SMILES string of the molecule is CCNC(=NCc1nc(C(C)(C)C)cs1)NCCc1ccc(F)cc1.I. The Morgan fingerprint density at radius 2 is 1.88 bits per heavy atom. The maximum Gasteiger partial charge on any atom is 0.191 e. The normalized spacial score (nSPS) is 11.8. The van der Waals surface area contributed by atoms with E-state index in [4.69, 9.17) is 0 Å².